The van der Waals surface area contributed by atoms with Gasteiger partial charge in [-0.3, -0.25) is 0 Å². The summed E-state index contributed by atoms with van der Waals surface area (Å²) >= 11 is 0. The van der Waals surface area contributed by atoms with E-state index in [2.05, 4.69) is 49.2 Å². The zero-order chi connectivity index (χ0) is 11.8. The quantitative estimate of drug-likeness (QED) is 0.765. The highest BCUT2D eigenvalue weighted by atomic mass is 16.5. The highest BCUT2D eigenvalue weighted by molar-refractivity contribution is 5.40. The summed E-state index contributed by atoms with van der Waals surface area (Å²) in [6, 6.07) is 6.20. The molecule has 0 atom stereocenters. The SMILES string of the molecule is CC#CCOc1c(C)cccc1CNCC. The van der Waals surface area contributed by atoms with Crippen molar-refractivity contribution in [3.63, 3.8) is 0 Å². The number of benzene rings is 1. The topological polar surface area (TPSA) is 21.3 Å². The largest absolute Gasteiger partial charge is 0.480 e. The molecule has 0 spiro atoms. The second kappa shape index (κ2) is 6.92. The summed E-state index contributed by atoms with van der Waals surface area (Å²) in [7, 11) is 0. The molecule has 0 amide bonds. The molecule has 0 aliphatic rings. The van der Waals surface area contributed by atoms with Crippen LogP contribution in [0.2, 0.25) is 0 Å². The second-order valence-electron chi connectivity index (χ2n) is 3.56. The van der Waals surface area contributed by atoms with E-state index in [0.717, 1.165) is 24.4 Å². The standard InChI is InChI=1S/C14H19NO/c1-4-6-10-16-14-12(3)8-7-9-13(14)11-15-5-2/h7-9,15H,5,10-11H2,1-3H3. The van der Waals surface area contributed by atoms with Crippen LogP contribution in [0.1, 0.15) is 25.0 Å². The molecule has 1 aromatic rings. The minimum atomic E-state index is 0.459. The lowest BCUT2D eigenvalue weighted by molar-refractivity contribution is 0.362. The van der Waals surface area contributed by atoms with Gasteiger partial charge in [-0.2, -0.15) is 0 Å². The van der Waals surface area contributed by atoms with E-state index < -0.39 is 0 Å². The van der Waals surface area contributed by atoms with Gasteiger partial charge in [0.15, 0.2) is 0 Å². The number of ether oxygens (including phenoxy) is 1. The van der Waals surface area contributed by atoms with Gasteiger partial charge in [0.1, 0.15) is 12.4 Å². The predicted octanol–water partition coefficient (Wildman–Crippen LogP) is 2.51. The number of nitrogens with one attached hydrogen (secondary N) is 1. The Bertz CT molecular complexity index is 387. The maximum atomic E-state index is 5.69. The normalized spacial score (nSPS) is 9.44. The van der Waals surface area contributed by atoms with Crippen molar-refractivity contribution in [1.82, 2.24) is 5.32 Å². The van der Waals surface area contributed by atoms with Gasteiger partial charge >= 0.3 is 0 Å². The maximum Gasteiger partial charge on any atom is 0.149 e. The lowest BCUT2D eigenvalue weighted by Crippen LogP contribution is -2.13. The zero-order valence-corrected chi connectivity index (χ0v) is 10.3. The summed E-state index contributed by atoms with van der Waals surface area (Å²) in [6.45, 7) is 8.24. The van der Waals surface area contributed by atoms with E-state index in [9.17, 15) is 0 Å². The maximum absolute atomic E-state index is 5.69. The van der Waals surface area contributed by atoms with Crippen molar-refractivity contribution in [1.29, 1.82) is 0 Å². The Kier molecular flexibility index (Phi) is 5.45. The van der Waals surface area contributed by atoms with Crippen LogP contribution < -0.4 is 10.1 Å². The van der Waals surface area contributed by atoms with Crippen molar-refractivity contribution in [3.8, 4) is 17.6 Å². The van der Waals surface area contributed by atoms with Crippen LogP contribution in [0.4, 0.5) is 0 Å². The molecule has 1 rings (SSSR count). The van der Waals surface area contributed by atoms with Crippen LogP contribution in [0.5, 0.6) is 5.75 Å². The van der Waals surface area contributed by atoms with Gasteiger partial charge in [0.2, 0.25) is 0 Å². The summed E-state index contributed by atoms with van der Waals surface area (Å²) < 4.78 is 5.69. The van der Waals surface area contributed by atoms with E-state index in [1.807, 2.05) is 6.92 Å². The van der Waals surface area contributed by atoms with Crippen LogP contribution in [-0.4, -0.2) is 13.2 Å². The van der Waals surface area contributed by atoms with Gasteiger partial charge in [-0.1, -0.05) is 31.0 Å². The summed E-state index contributed by atoms with van der Waals surface area (Å²) in [4.78, 5) is 0. The van der Waals surface area contributed by atoms with Crippen LogP contribution >= 0.6 is 0 Å². The van der Waals surface area contributed by atoms with E-state index in [4.69, 9.17) is 4.74 Å². The minimum Gasteiger partial charge on any atom is -0.480 e. The third-order valence-electron chi connectivity index (χ3n) is 2.32. The summed E-state index contributed by atoms with van der Waals surface area (Å²) in [5.74, 6) is 6.71. The van der Waals surface area contributed by atoms with Crippen molar-refractivity contribution in [2.45, 2.75) is 27.3 Å². The molecule has 0 bridgehead atoms. The van der Waals surface area contributed by atoms with E-state index in [1.165, 1.54) is 5.56 Å². The van der Waals surface area contributed by atoms with Crippen molar-refractivity contribution in [2.75, 3.05) is 13.2 Å². The first-order chi connectivity index (χ1) is 7.79. The molecule has 0 unspecified atom stereocenters. The van der Waals surface area contributed by atoms with Crippen LogP contribution in [0.3, 0.4) is 0 Å². The van der Waals surface area contributed by atoms with Gasteiger partial charge in [-0.15, -0.1) is 5.92 Å². The van der Waals surface area contributed by atoms with Gasteiger partial charge in [-0.05, 0) is 26.0 Å². The van der Waals surface area contributed by atoms with E-state index in [0.29, 0.717) is 6.61 Å². The van der Waals surface area contributed by atoms with Gasteiger partial charge < -0.3 is 10.1 Å². The third kappa shape index (κ3) is 3.60. The molecule has 0 saturated heterocycles. The third-order valence-corrected chi connectivity index (χ3v) is 2.32. The van der Waals surface area contributed by atoms with Crippen LogP contribution in [0, 0.1) is 18.8 Å². The number of rotatable bonds is 5. The van der Waals surface area contributed by atoms with Crippen LogP contribution in [0.15, 0.2) is 18.2 Å². The molecule has 1 N–H and O–H groups in total. The highest BCUT2D eigenvalue weighted by Gasteiger charge is 2.05. The Morgan fingerprint density at radius 3 is 2.88 bits per heavy atom. The minimum absolute atomic E-state index is 0.459. The van der Waals surface area contributed by atoms with Crippen molar-refractivity contribution < 1.29 is 4.74 Å². The van der Waals surface area contributed by atoms with Crippen molar-refractivity contribution >= 4 is 0 Å². The number of para-hydroxylation sites is 1. The average Bonchev–Trinajstić information content (AvgIpc) is 2.29. The molecule has 16 heavy (non-hydrogen) atoms. The first-order valence-electron chi connectivity index (χ1n) is 5.61. The molecule has 0 aliphatic carbocycles. The zero-order valence-electron chi connectivity index (χ0n) is 10.3. The summed E-state index contributed by atoms with van der Waals surface area (Å²) in [5.41, 5.74) is 2.35. The Hall–Kier alpha value is -1.46. The smallest absolute Gasteiger partial charge is 0.149 e. The van der Waals surface area contributed by atoms with Crippen molar-refractivity contribution in [2.24, 2.45) is 0 Å². The molecule has 2 nitrogen and oxygen atoms in total. The lowest BCUT2D eigenvalue weighted by Gasteiger charge is -2.12. The predicted molar refractivity (Wildman–Crippen MR) is 67.5 cm³/mol. The molecule has 0 radical (unpaired) electrons. The number of hydrogen-bond acceptors (Lipinski definition) is 2. The Morgan fingerprint density at radius 1 is 1.38 bits per heavy atom. The Morgan fingerprint density at radius 2 is 2.19 bits per heavy atom. The Labute approximate surface area is 98.0 Å². The molecular formula is C14H19NO. The molecule has 0 aliphatic heterocycles. The Balaban J connectivity index is 2.79. The average molecular weight is 217 g/mol. The summed E-state index contributed by atoms with van der Waals surface area (Å²) in [5, 5.41) is 3.31. The molecule has 0 aromatic heterocycles. The molecule has 2 heteroatoms. The van der Waals surface area contributed by atoms with E-state index >= 15 is 0 Å². The lowest BCUT2D eigenvalue weighted by atomic mass is 10.1. The van der Waals surface area contributed by atoms with E-state index in [1.54, 1.807) is 0 Å². The highest BCUT2D eigenvalue weighted by Crippen LogP contribution is 2.23. The molecular weight excluding hydrogens is 198 g/mol. The van der Waals surface area contributed by atoms with Gasteiger partial charge in [0.25, 0.3) is 0 Å². The van der Waals surface area contributed by atoms with Gasteiger partial charge in [0.05, 0.1) is 0 Å². The molecule has 86 valence electrons. The number of hydrogen-bond donors (Lipinski definition) is 1. The first-order valence-corrected chi connectivity index (χ1v) is 5.61. The van der Waals surface area contributed by atoms with Gasteiger partial charge in [-0.25, -0.2) is 0 Å². The fourth-order valence-electron chi connectivity index (χ4n) is 1.50. The molecule has 0 fully saturated rings. The summed E-state index contributed by atoms with van der Waals surface area (Å²) in [6.07, 6.45) is 0. The number of aryl methyl sites for hydroxylation is 1. The second-order valence-corrected chi connectivity index (χ2v) is 3.56. The first kappa shape index (κ1) is 12.6. The molecule has 0 saturated carbocycles. The van der Waals surface area contributed by atoms with Gasteiger partial charge in [0, 0.05) is 12.1 Å². The molecule has 0 heterocycles. The van der Waals surface area contributed by atoms with Crippen LogP contribution in [0.25, 0.3) is 0 Å². The monoisotopic (exact) mass is 217 g/mol. The van der Waals surface area contributed by atoms with Crippen LogP contribution in [-0.2, 0) is 6.54 Å². The molecule has 1 aromatic carbocycles. The van der Waals surface area contributed by atoms with E-state index in [-0.39, 0.29) is 0 Å². The fourth-order valence-corrected chi connectivity index (χ4v) is 1.50. The fraction of sp³-hybridized carbons (Fsp3) is 0.429. The van der Waals surface area contributed by atoms with Crippen molar-refractivity contribution in [3.05, 3.63) is 29.3 Å².